The molecular weight excluding hydrogens is 252 g/mol. The predicted octanol–water partition coefficient (Wildman–Crippen LogP) is 5.14. The van der Waals surface area contributed by atoms with Crippen molar-refractivity contribution >= 4 is 6.16 Å². The molecular formula is C17H28O3. The smallest absolute Gasteiger partial charge is 0.424 e. The van der Waals surface area contributed by atoms with Crippen LogP contribution in [0.2, 0.25) is 0 Å². The van der Waals surface area contributed by atoms with Gasteiger partial charge in [0.15, 0.2) is 11.2 Å². The van der Waals surface area contributed by atoms with Gasteiger partial charge < -0.3 is 9.47 Å². The summed E-state index contributed by atoms with van der Waals surface area (Å²) >= 11 is 0. The van der Waals surface area contributed by atoms with E-state index in [0.717, 1.165) is 25.7 Å². The Balaban J connectivity index is 2.06. The predicted molar refractivity (Wildman–Crippen MR) is 79.7 cm³/mol. The molecule has 0 N–H and O–H groups in total. The summed E-state index contributed by atoms with van der Waals surface area (Å²) in [6.45, 7) is 4.03. The third kappa shape index (κ3) is 3.56. The molecule has 1 fully saturated rings. The minimum atomic E-state index is -0.523. The zero-order chi connectivity index (χ0) is 14.5. The van der Waals surface area contributed by atoms with Crippen molar-refractivity contribution in [3.8, 4) is 0 Å². The van der Waals surface area contributed by atoms with Gasteiger partial charge in [-0.3, -0.25) is 0 Å². The highest BCUT2D eigenvalue weighted by Gasteiger charge is 2.55. The van der Waals surface area contributed by atoms with Gasteiger partial charge in [0.2, 0.25) is 0 Å². The number of carbonyl (C=O) groups excluding carboxylic acids is 1. The van der Waals surface area contributed by atoms with Crippen LogP contribution in [0.4, 0.5) is 4.79 Å². The molecule has 0 bridgehead atoms. The number of ether oxygens (including phenoxy) is 2. The molecule has 2 rings (SSSR count). The molecule has 114 valence electrons. The molecule has 1 aliphatic carbocycles. The summed E-state index contributed by atoms with van der Waals surface area (Å²) in [4.78, 5) is 11.6. The lowest BCUT2D eigenvalue weighted by molar-refractivity contribution is -0.0285. The van der Waals surface area contributed by atoms with Crippen molar-refractivity contribution in [2.45, 2.75) is 89.3 Å². The monoisotopic (exact) mass is 280 g/mol. The molecule has 0 amide bonds. The van der Waals surface area contributed by atoms with E-state index in [1.807, 2.05) is 13.8 Å². The zero-order valence-corrected chi connectivity index (χ0v) is 13.0. The standard InChI is InChI=1S/C17H28O3/c1-16-13-11-9-7-5-3-4-6-8-10-12-14-17(16,2)20-15(18)19-16/h9,11H,3-8,10,12-14H2,1-2H3/b11-9-/t16-,17+/m1/s1. The highest BCUT2D eigenvalue weighted by molar-refractivity contribution is 5.64. The van der Waals surface area contributed by atoms with Crippen LogP contribution in [0.1, 0.15) is 78.1 Å². The van der Waals surface area contributed by atoms with E-state index in [1.54, 1.807) is 0 Å². The highest BCUT2D eigenvalue weighted by Crippen LogP contribution is 2.43. The van der Waals surface area contributed by atoms with Gasteiger partial charge in [-0.2, -0.15) is 0 Å². The van der Waals surface area contributed by atoms with Gasteiger partial charge >= 0.3 is 6.16 Å². The highest BCUT2D eigenvalue weighted by atomic mass is 16.8. The Kier molecular flexibility index (Phi) is 5.11. The Morgan fingerprint density at radius 2 is 1.45 bits per heavy atom. The maximum atomic E-state index is 11.6. The van der Waals surface area contributed by atoms with Crippen LogP contribution in [-0.2, 0) is 9.47 Å². The summed E-state index contributed by atoms with van der Waals surface area (Å²) < 4.78 is 11.0. The van der Waals surface area contributed by atoms with Gasteiger partial charge in [0.05, 0.1) is 0 Å². The first-order chi connectivity index (χ1) is 9.56. The Morgan fingerprint density at radius 1 is 0.850 bits per heavy atom. The Hall–Kier alpha value is -0.990. The largest absolute Gasteiger partial charge is 0.509 e. The number of fused-ring (bicyclic) bond motifs is 1. The maximum absolute atomic E-state index is 11.6. The van der Waals surface area contributed by atoms with E-state index >= 15 is 0 Å². The average Bonchev–Trinajstić information content (AvgIpc) is 2.60. The van der Waals surface area contributed by atoms with Crippen molar-refractivity contribution in [2.24, 2.45) is 0 Å². The second-order valence-electron chi connectivity index (χ2n) is 6.60. The van der Waals surface area contributed by atoms with E-state index in [-0.39, 0.29) is 0 Å². The van der Waals surface area contributed by atoms with E-state index in [0.29, 0.717) is 0 Å². The molecule has 3 heteroatoms. The topological polar surface area (TPSA) is 35.5 Å². The second-order valence-corrected chi connectivity index (χ2v) is 6.60. The lowest BCUT2D eigenvalue weighted by Gasteiger charge is -2.35. The lowest BCUT2D eigenvalue weighted by Crippen LogP contribution is -2.47. The van der Waals surface area contributed by atoms with Crippen LogP contribution in [0.5, 0.6) is 0 Å². The summed E-state index contributed by atoms with van der Waals surface area (Å²) in [5.74, 6) is 0. The number of allylic oxidation sites excluding steroid dienone is 1. The maximum Gasteiger partial charge on any atom is 0.509 e. The quantitative estimate of drug-likeness (QED) is 0.455. The number of carbonyl (C=O) groups is 1. The minimum Gasteiger partial charge on any atom is -0.424 e. The summed E-state index contributed by atoms with van der Waals surface area (Å²) in [7, 11) is 0. The fraction of sp³-hybridized carbons (Fsp3) is 0.824. The number of hydrogen-bond donors (Lipinski definition) is 0. The molecule has 2 aliphatic rings. The third-order valence-electron chi connectivity index (χ3n) is 4.93. The van der Waals surface area contributed by atoms with E-state index in [2.05, 4.69) is 12.2 Å². The van der Waals surface area contributed by atoms with Gasteiger partial charge in [0, 0.05) is 6.42 Å². The molecule has 0 aromatic rings. The van der Waals surface area contributed by atoms with Crippen molar-refractivity contribution in [3.63, 3.8) is 0 Å². The fourth-order valence-corrected chi connectivity index (χ4v) is 3.21. The second kappa shape index (κ2) is 6.64. The van der Waals surface area contributed by atoms with Gasteiger partial charge in [-0.1, -0.05) is 44.3 Å². The first-order valence-electron chi connectivity index (χ1n) is 8.13. The van der Waals surface area contributed by atoms with Crippen LogP contribution >= 0.6 is 0 Å². The van der Waals surface area contributed by atoms with Crippen molar-refractivity contribution in [1.82, 2.24) is 0 Å². The third-order valence-corrected chi connectivity index (χ3v) is 4.93. The van der Waals surface area contributed by atoms with E-state index in [9.17, 15) is 4.79 Å². The van der Waals surface area contributed by atoms with E-state index in [4.69, 9.17) is 9.47 Å². The van der Waals surface area contributed by atoms with Crippen molar-refractivity contribution in [3.05, 3.63) is 12.2 Å². The van der Waals surface area contributed by atoms with Crippen LogP contribution in [0.15, 0.2) is 12.2 Å². The molecule has 1 saturated heterocycles. The zero-order valence-electron chi connectivity index (χ0n) is 13.0. The van der Waals surface area contributed by atoms with Crippen molar-refractivity contribution in [2.75, 3.05) is 0 Å². The molecule has 1 heterocycles. The first kappa shape index (κ1) is 15.4. The molecule has 0 aromatic carbocycles. The molecule has 0 aromatic heterocycles. The Labute approximate surface area is 122 Å². The van der Waals surface area contributed by atoms with Crippen LogP contribution < -0.4 is 0 Å². The van der Waals surface area contributed by atoms with Crippen LogP contribution in [0.3, 0.4) is 0 Å². The summed E-state index contributed by atoms with van der Waals surface area (Å²) in [5.41, 5.74) is -1.01. The summed E-state index contributed by atoms with van der Waals surface area (Å²) in [6, 6.07) is 0. The molecule has 0 radical (unpaired) electrons. The van der Waals surface area contributed by atoms with Gasteiger partial charge in [-0.25, -0.2) is 4.79 Å². The van der Waals surface area contributed by atoms with Crippen LogP contribution in [-0.4, -0.2) is 17.4 Å². The average molecular weight is 280 g/mol. The SMILES string of the molecule is C[C@@]12C/C=C\CCCCCCCCC[C@]1(C)OC(=O)O2. The van der Waals surface area contributed by atoms with Gasteiger partial charge in [-0.05, 0) is 39.5 Å². The summed E-state index contributed by atoms with van der Waals surface area (Å²) in [5, 5.41) is 0. The minimum absolute atomic E-state index is 0.488. The molecule has 1 aliphatic heterocycles. The Bertz CT molecular complexity index is 363. The number of rotatable bonds is 0. The molecule has 0 spiro atoms. The summed E-state index contributed by atoms with van der Waals surface area (Å²) in [6.07, 6.45) is 15.5. The molecule has 3 nitrogen and oxygen atoms in total. The van der Waals surface area contributed by atoms with Crippen molar-refractivity contribution < 1.29 is 14.3 Å². The van der Waals surface area contributed by atoms with Gasteiger partial charge in [0.25, 0.3) is 0 Å². The van der Waals surface area contributed by atoms with Crippen molar-refractivity contribution in [1.29, 1.82) is 0 Å². The molecule has 2 atom stereocenters. The van der Waals surface area contributed by atoms with Crippen LogP contribution in [0, 0.1) is 0 Å². The van der Waals surface area contributed by atoms with E-state index in [1.165, 1.54) is 38.5 Å². The lowest BCUT2D eigenvalue weighted by atomic mass is 9.79. The van der Waals surface area contributed by atoms with Crippen LogP contribution in [0.25, 0.3) is 0 Å². The normalized spacial score (nSPS) is 38.2. The van der Waals surface area contributed by atoms with E-state index < -0.39 is 17.4 Å². The molecule has 0 unspecified atom stereocenters. The molecule has 20 heavy (non-hydrogen) atoms. The first-order valence-corrected chi connectivity index (χ1v) is 8.13. The fourth-order valence-electron chi connectivity index (χ4n) is 3.21. The van der Waals surface area contributed by atoms with Gasteiger partial charge in [-0.15, -0.1) is 0 Å². The number of hydrogen-bond acceptors (Lipinski definition) is 3. The van der Waals surface area contributed by atoms with Gasteiger partial charge in [0.1, 0.15) is 0 Å². The Morgan fingerprint density at radius 3 is 2.20 bits per heavy atom. The molecule has 0 saturated carbocycles.